The second-order valence-electron chi connectivity index (χ2n) is 14.7. The van der Waals surface area contributed by atoms with Gasteiger partial charge in [0.2, 0.25) is 0 Å². The molecule has 0 heterocycles. The van der Waals surface area contributed by atoms with Crippen LogP contribution >= 0.6 is 0 Å². The number of aryl methyl sites for hydroxylation is 2. The Bertz CT molecular complexity index is 1880. The topological polar surface area (TPSA) is 0 Å². The quantitative estimate of drug-likeness (QED) is 0.124. The van der Waals surface area contributed by atoms with Crippen molar-refractivity contribution < 1.29 is 50.6 Å². The van der Waals surface area contributed by atoms with Gasteiger partial charge in [-0.1, -0.05) is 75.9 Å². The second-order valence-corrected chi connectivity index (χ2v) is 15.9. The van der Waals surface area contributed by atoms with Gasteiger partial charge in [0.25, 0.3) is 0 Å². The van der Waals surface area contributed by atoms with E-state index in [1.54, 1.807) is 0 Å². The minimum Gasteiger partial charge on any atom is -0.273 e. The zero-order valence-electron chi connectivity index (χ0n) is 29.7. The van der Waals surface area contributed by atoms with Crippen molar-refractivity contribution >= 4 is 24.8 Å². The Morgan fingerprint density at radius 3 is 1.26 bits per heavy atom. The van der Waals surface area contributed by atoms with E-state index in [0.717, 1.165) is 54.9 Å². The van der Waals surface area contributed by atoms with E-state index >= 15 is 0 Å². The minimum atomic E-state index is -4.41. The van der Waals surface area contributed by atoms with Crippen molar-refractivity contribution in [1.82, 2.24) is 0 Å². The number of alkyl halides is 6. The van der Waals surface area contributed by atoms with Crippen LogP contribution in [-0.2, 0) is 47.4 Å². The van der Waals surface area contributed by atoms with Crippen LogP contribution in [-0.4, -0.2) is 3.21 Å². The molecule has 50 heavy (non-hydrogen) atoms. The van der Waals surface area contributed by atoms with E-state index < -0.39 is 23.5 Å². The van der Waals surface area contributed by atoms with Crippen LogP contribution in [0.25, 0.3) is 21.5 Å². The summed E-state index contributed by atoms with van der Waals surface area (Å²) in [5.74, 6) is 0. The summed E-state index contributed by atoms with van der Waals surface area (Å²) in [6.45, 7) is 18.3. The molecule has 6 rings (SSSR count). The molecule has 0 atom stereocenters. The molecule has 5 aromatic carbocycles. The van der Waals surface area contributed by atoms with Crippen LogP contribution in [0.2, 0.25) is 0 Å². The molecule has 0 amide bonds. The zero-order chi connectivity index (χ0) is 37.2. The molecule has 0 aliphatic heterocycles. The number of halogens is 6. The number of hydrogen-bond acceptors (Lipinski definition) is 0. The maximum atomic E-state index is 12.5. The standard InChI is InChI=1S/C23H29.C15H8F6.C5H5.Zr/c1-14-9-16-11-17-10-15(2)21(23(6,7)8)13-19(17)18(16)12-20(14)22(3,4)5;16-14(17,18)12-5-1-10(2-6-12)9-11-3-7-13(8-4-11)15(19,20)21;1-2-4-5-3-1;/h9-13H,1-8H3;1-8H;1-3H,4H2;/q-1;;-1;+2. The van der Waals surface area contributed by atoms with Gasteiger partial charge < -0.3 is 0 Å². The Labute approximate surface area is 306 Å². The molecular formula is C43H42F6Zr. The number of hydrogen-bond donors (Lipinski definition) is 0. The first-order valence-electron chi connectivity index (χ1n) is 16.4. The number of fused-ring (bicyclic) bond motifs is 3. The molecule has 0 spiro atoms. The van der Waals surface area contributed by atoms with Crippen molar-refractivity contribution in [3.8, 4) is 0 Å². The van der Waals surface area contributed by atoms with Gasteiger partial charge in [-0.3, -0.25) is 6.08 Å². The van der Waals surface area contributed by atoms with Crippen molar-refractivity contribution in [1.29, 1.82) is 0 Å². The predicted octanol–water partition coefficient (Wildman–Crippen LogP) is 13.1. The van der Waals surface area contributed by atoms with Gasteiger partial charge in [-0.25, -0.2) is 12.2 Å². The summed E-state index contributed by atoms with van der Waals surface area (Å²) in [7, 11) is 0. The fourth-order valence-electron chi connectivity index (χ4n) is 6.11. The van der Waals surface area contributed by atoms with Crippen LogP contribution < -0.4 is 0 Å². The van der Waals surface area contributed by atoms with Gasteiger partial charge in [0.05, 0.1) is 0 Å². The summed E-state index contributed by atoms with van der Waals surface area (Å²) in [4.78, 5) is 0. The van der Waals surface area contributed by atoms with Crippen molar-refractivity contribution in [2.24, 2.45) is 0 Å². The first-order valence-corrected chi connectivity index (χ1v) is 17.6. The van der Waals surface area contributed by atoms with Gasteiger partial charge in [0.1, 0.15) is 0 Å². The molecule has 0 fully saturated rings. The van der Waals surface area contributed by atoms with E-state index in [1.807, 2.05) is 12.2 Å². The number of rotatable bonds is 2. The van der Waals surface area contributed by atoms with Crippen LogP contribution in [0.1, 0.15) is 92.5 Å². The second kappa shape index (κ2) is 15.0. The maximum Gasteiger partial charge on any atom is -0.109 e. The molecule has 0 radical (unpaired) electrons. The Balaban J connectivity index is 0.000000197. The Morgan fingerprint density at radius 1 is 0.620 bits per heavy atom. The third-order valence-corrected chi connectivity index (χ3v) is 10.0. The van der Waals surface area contributed by atoms with Gasteiger partial charge in [0, 0.05) is 0 Å². The first-order chi connectivity index (χ1) is 23.1. The third kappa shape index (κ3) is 9.66. The number of benzene rings is 4. The van der Waals surface area contributed by atoms with Gasteiger partial charge in [-0.05, 0) is 24.7 Å². The van der Waals surface area contributed by atoms with E-state index in [1.165, 1.54) is 68.1 Å². The molecule has 7 heteroatoms. The molecule has 0 bridgehead atoms. The van der Waals surface area contributed by atoms with E-state index in [9.17, 15) is 26.3 Å². The molecule has 0 saturated heterocycles. The predicted molar refractivity (Wildman–Crippen MR) is 192 cm³/mol. The molecule has 0 aromatic heterocycles. The van der Waals surface area contributed by atoms with E-state index in [-0.39, 0.29) is 10.8 Å². The number of allylic oxidation sites excluding steroid dienone is 4. The normalized spacial score (nSPS) is 13.3. The molecule has 260 valence electrons. The average Bonchev–Trinajstić information content (AvgIpc) is 3.70. The minimum absolute atomic E-state index is 0.180. The molecule has 0 unspecified atom stereocenters. The molecule has 1 aliphatic carbocycles. The Hall–Kier alpha value is -3.44. The van der Waals surface area contributed by atoms with Crippen LogP contribution in [0.3, 0.4) is 0 Å². The molecular weight excluding hydrogens is 722 g/mol. The van der Waals surface area contributed by atoms with Crippen molar-refractivity contribution in [2.45, 2.75) is 85.0 Å². The monoisotopic (exact) mass is 762 g/mol. The van der Waals surface area contributed by atoms with Crippen molar-refractivity contribution in [2.75, 3.05) is 0 Å². The molecule has 0 nitrogen and oxygen atoms in total. The van der Waals surface area contributed by atoms with Crippen LogP contribution in [0.15, 0.2) is 97.1 Å². The average molecular weight is 764 g/mol. The van der Waals surface area contributed by atoms with Crippen molar-refractivity contribution in [3.05, 3.63) is 148 Å². The van der Waals surface area contributed by atoms with E-state index in [0.29, 0.717) is 14.3 Å². The van der Waals surface area contributed by atoms with Gasteiger partial charge in [-0.2, -0.15) is 6.08 Å². The first kappa shape index (κ1) is 39.4. The molecule has 0 N–H and O–H groups in total. The van der Waals surface area contributed by atoms with Gasteiger partial charge in [0.15, 0.2) is 0 Å². The maximum absolute atomic E-state index is 12.5. The summed E-state index contributed by atoms with van der Waals surface area (Å²) in [5.41, 5.74) is 5.67. The summed E-state index contributed by atoms with van der Waals surface area (Å²) in [6.07, 6.45) is 1.18. The van der Waals surface area contributed by atoms with Crippen LogP contribution in [0, 0.1) is 19.9 Å². The fraction of sp³-hybridized carbons (Fsp3) is 0.302. The summed E-state index contributed by atoms with van der Waals surface area (Å²) >= 11 is 0.898. The summed E-state index contributed by atoms with van der Waals surface area (Å²) < 4.78 is 75.6. The van der Waals surface area contributed by atoms with Crippen LogP contribution in [0.5, 0.6) is 0 Å². The van der Waals surface area contributed by atoms with Gasteiger partial charge in [-0.15, -0.1) is 46.2 Å². The van der Waals surface area contributed by atoms with Crippen LogP contribution in [0.4, 0.5) is 26.3 Å². The smallest absolute Gasteiger partial charge is 0.109 e. The van der Waals surface area contributed by atoms with Gasteiger partial charge >= 0.3 is 137 Å². The molecule has 1 aliphatic rings. The van der Waals surface area contributed by atoms with E-state index in [4.69, 9.17) is 0 Å². The fourth-order valence-corrected chi connectivity index (χ4v) is 6.93. The van der Waals surface area contributed by atoms with Crippen molar-refractivity contribution in [3.63, 3.8) is 0 Å². The Kier molecular flexibility index (Phi) is 11.8. The summed E-state index contributed by atoms with van der Waals surface area (Å²) in [5, 5.41) is 5.55. The molecule has 0 saturated carbocycles. The molecule has 5 aromatic rings. The third-order valence-electron chi connectivity index (χ3n) is 8.60. The summed E-state index contributed by atoms with van der Waals surface area (Å²) in [6, 6.07) is 21.1. The Morgan fingerprint density at radius 2 is 1.00 bits per heavy atom. The van der Waals surface area contributed by atoms with E-state index in [2.05, 4.69) is 97.9 Å². The zero-order valence-corrected chi connectivity index (χ0v) is 32.2. The largest absolute Gasteiger partial charge is 0.273 e. The SMILES string of the molecule is Cc1cc2[cH-]c3cc(C)c(C(C)(C)C)cc3c2cc1C(C)(C)C.FC(F)(F)c1ccc([C](=[Zr+2])c2ccc(C(F)(F)F)cc2)cc1.[C-]1=CC=CC1.